The van der Waals surface area contributed by atoms with E-state index in [1.54, 1.807) is 42.6 Å². The maximum atomic E-state index is 11.9. The molecule has 1 aromatic carbocycles. The number of hydrogen-bond acceptors (Lipinski definition) is 4. The Morgan fingerprint density at radius 3 is 2.53 bits per heavy atom. The van der Waals surface area contributed by atoms with E-state index in [0.29, 0.717) is 17.8 Å². The van der Waals surface area contributed by atoms with Crippen LogP contribution >= 0.6 is 0 Å². The van der Waals surface area contributed by atoms with Crippen LogP contribution in [-0.4, -0.2) is 19.2 Å². The second kappa shape index (κ2) is 5.71. The minimum Gasteiger partial charge on any atom is -0.397 e. The SMILES string of the molecule is Nc1ccccc1NS(=O)(=O)CCc1ccccn1. The molecule has 1 aromatic heterocycles. The topological polar surface area (TPSA) is 85.1 Å². The number of anilines is 2. The summed E-state index contributed by atoms with van der Waals surface area (Å²) in [6.45, 7) is 0. The molecule has 2 aromatic rings. The van der Waals surface area contributed by atoms with E-state index < -0.39 is 10.0 Å². The minimum atomic E-state index is -3.43. The lowest BCUT2D eigenvalue weighted by molar-refractivity contribution is 0.600. The first-order valence-corrected chi connectivity index (χ1v) is 7.47. The van der Waals surface area contributed by atoms with Gasteiger partial charge >= 0.3 is 0 Å². The summed E-state index contributed by atoms with van der Waals surface area (Å²) in [5.74, 6) is -0.0294. The van der Waals surface area contributed by atoms with E-state index in [2.05, 4.69) is 9.71 Å². The Hall–Kier alpha value is -2.08. The molecule has 6 heteroatoms. The van der Waals surface area contributed by atoms with E-state index in [1.807, 2.05) is 6.07 Å². The predicted molar refractivity (Wildman–Crippen MR) is 76.2 cm³/mol. The van der Waals surface area contributed by atoms with Gasteiger partial charge in [0.25, 0.3) is 0 Å². The molecule has 2 rings (SSSR count). The van der Waals surface area contributed by atoms with Gasteiger partial charge in [0.1, 0.15) is 0 Å². The van der Waals surface area contributed by atoms with Gasteiger partial charge in [-0.2, -0.15) is 0 Å². The molecular formula is C13H15N3O2S. The first-order valence-electron chi connectivity index (χ1n) is 5.82. The first kappa shape index (κ1) is 13.4. The summed E-state index contributed by atoms with van der Waals surface area (Å²) in [7, 11) is -3.43. The molecule has 0 saturated carbocycles. The zero-order valence-electron chi connectivity index (χ0n) is 10.3. The molecular weight excluding hydrogens is 262 g/mol. The summed E-state index contributed by atoms with van der Waals surface area (Å²) >= 11 is 0. The van der Waals surface area contributed by atoms with Gasteiger partial charge in [0.15, 0.2) is 0 Å². The average molecular weight is 277 g/mol. The smallest absolute Gasteiger partial charge is 0.233 e. The van der Waals surface area contributed by atoms with Gasteiger partial charge < -0.3 is 5.73 Å². The Bertz CT molecular complexity index is 642. The van der Waals surface area contributed by atoms with Crippen molar-refractivity contribution in [3.8, 4) is 0 Å². The van der Waals surface area contributed by atoms with Crippen LogP contribution in [0, 0.1) is 0 Å². The third-order valence-corrected chi connectivity index (χ3v) is 3.85. The lowest BCUT2D eigenvalue weighted by atomic mass is 10.3. The Labute approximate surface area is 112 Å². The molecule has 0 bridgehead atoms. The van der Waals surface area contributed by atoms with Gasteiger partial charge in [-0.1, -0.05) is 18.2 Å². The molecule has 0 aliphatic carbocycles. The highest BCUT2D eigenvalue weighted by atomic mass is 32.2. The fourth-order valence-corrected chi connectivity index (χ4v) is 2.69. The van der Waals surface area contributed by atoms with Crippen LogP contribution in [-0.2, 0) is 16.4 Å². The molecule has 19 heavy (non-hydrogen) atoms. The Morgan fingerprint density at radius 1 is 1.11 bits per heavy atom. The third kappa shape index (κ3) is 3.96. The van der Waals surface area contributed by atoms with Crippen molar-refractivity contribution >= 4 is 21.4 Å². The van der Waals surface area contributed by atoms with Gasteiger partial charge in [0.2, 0.25) is 10.0 Å². The Balaban J connectivity index is 2.02. The van der Waals surface area contributed by atoms with Crippen molar-refractivity contribution in [3.05, 3.63) is 54.4 Å². The van der Waals surface area contributed by atoms with Crippen LogP contribution in [0.15, 0.2) is 48.7 Å². The van der Waals surface area contributed by atoms with Gasteiger partial charge in [-0.25, -0.2) is 8.42 Å². The number of hydrogen-bond donors (Lipinski definition) is 2. The first-order chi connectivity index (χ1) is 9.07. The third-order valence-electron chi connectivity index (χ3n) is 2.58. The molecule has 0 fully saturated rings. The van der Waals surface area contributed by atoms with Crippen molar-refractivity contribution in [2.24, 2.45) is 0 Å². The summed E-state index contributed by atoms with van der Waals surface area (Å²) in [5, 5.41) is 0. The monoisotopic (exact) mass is 277 g/mol. The van der Waals surface area contributed by atoms with Gasteiger partial charge in [-0.05, 0) is 24.3 Å². The standard InChI is InChI=1S/C13H15N3O2S/c14-12-6-1-2-7-13(12)16-19(17,18)10-8-11-5-3-4-9-15-11/h1-7,9,16H,8,10,14H2. The number of nitrogens with two attached hydrogens (primary N) is 1. The fourth-order valence-electron chi connectivity index (χ4n) is 1.59. The molecule has 1 heterocycles. The van der Waals surface area contributed by atoms with Gasteiger partial charge in [0.05, 0.1) is 17.1 Å². The molecule has 3 N–H and O–H groups in total. The highest BCUT2D eigenvalue weighted by molar-refractivity contribution is 7.92. The van der Waals surface area contributed by atoms with E-state index in [4.69, 9.17) is 5.73 Å². The summed E-state index contributed by atoms with van der Waals surface area (Å²) in [6, 6.07) is 12.2. The van der Waals surface area contributed by atoms with E-state index in [9.17, 15) is 8.42 Å². The predicted octanol–water partition coefficient (Wildman–Crippen LogP) is 1.65. The number of sulfonamides is 1. The molecule has 0 saturated heterocycles. The number of aryl methyl sites for hydroxylation is 1. The van der Waals surface area contributed by atoms with Crippen LogP contribution < -0.4 is 10.5 Å². The molecule has 0 amide bonds. The maximum absolute atomic E-state index is 11.9. The second-order valence-electron chi connectivity index (χ2n) is 4.08. The van der Waals surface area contributed by atoms with Crippen LogP contribution in [0.2, 0.25) is 0 Å². The Morgan fingerprint density at radius 2 is 1.84 bits per heavy atom. The van der Waals surface area contributed by atoms with Crippen molar-refractivity contribution in [3.63, 3.8) is 0 Å². The average Bonchev–Trinajstić information content (AvgIpc) is 2.40. The van der Waals surface area contributed by atoms with Crippen LogP contribution in [0.25, 0.3) is 0 Å². The molecule has 0 atom stereocenters. The lowest BCUT2D eigenvalue weighted by Crippen LogP contribution is -2.19. The highest BCUT2D eigenvalue weighted by Gasteiger charge is 2.12. The molecule has 0 aliphatic heterocycles. The van der Waals surface area contributed by atoms with Gasteiger partial charge in [-0.15, -0.1) is 0 Å². The van der Waals surface area contributed by atoms with Crippen molar-refractivity contribution in [1.82, 2.24) is 4.98 Å². The number of nitrogens with zero attached hydrogens (tertiary/aromatic N) is 1. The Kier molecular flexibility index (Phi) is 4.01. The minimum absolute atomic E-state index is 0.0294. The number of pyridine rings is 1. The van der Waals surface area contributed by atoms with E-state index in [-0.39, 0.29) is 5.75 Å². The van der Waals surface area contributed by atoms with Crippen LogP contribution in [0.4, 0.5) is 11.4 Å². The van der Waals surface area contributed by atoms with E-state index >= 15 is 0 Å². The number of rotatable bonds is 5. The zero-order valence-corrected chi connectivity index (χ0v) is 11.1. The molecule has 0 unspecified atom stereocenters. The van der Waals surface area contributed by atoms with E-state index in [1.165, 1.54) is 0 Å². The normalized spacial score (nSPS) is 11.2. The summed E-state index contributed by atoms with van der Waals surface area (Å²) in [6.07, 6.45) is 2.01. The summed E-state index contributed by atoms with van der Waals surface area (Å²) in [4.78, 5) is 4.09. The lowest BCUT2D eigenvalue weighted by Gasteiger charge is -2.09. The number of aromatic nitrogens is 1. The number of benzene rings is 1. The van der Waals surface area contributed by atoms with Crippen molar-refractivity contribution in [2.45, 2.75) is 6.42 Å². The summed E-state index contributed by atoms with van der Waals surface area (Å²) < 4.78 is 26.3. The highest BCUT2D eigenvalue weighted by Crippen LogP contribution is 2.18. The quantitative estimate of drug-likeness (QED) is 0.814. The van der Waals surface area contributed by atoms with Crippen molar-refractivity contribution in [1.29, 1.82) is 0 Å². The molecule has 0 aliphatic rings. The largest absolute Gasteiger partial charge is 0.397 e. The number of para-hydroxylation sites is 2. The second-order valence-corrected chi connectivity index (χ2v) is 5.92. The van der Waals surface area contributed by atoms with Crippen LogP contribution in [0.5, 0.6) is 0 Å². The number of nitrogen functional groups attached to an aromatic ring is 1. The van der Waals surface area contributed by atoms with Crippen molar-refractivity contribution < 1.29 is 8.42 Å². The van der Waals surface area contributed by atoms with Gasteiger partial charge in [0, 0.05) is 18.3 Å². The molecule has 0 radical (unpaired) electrons. The summed E-state index contributed by atoms with van der Waals surface area (Å²) in [5.41, 5.74) is 7.25. The number of nitrogens with one attached hydrogen (secondary N) is 1. The van der Waals surface area contributed by atoms with Crippen LogP contribution in [0.1, 0.15) is 5.69 Å². The zero-order chi connectivity index (χ0) is 13.7. The van der Waals surface area contributed by atoms with E-state index in [0.717, 1.165) is 5.69 Å². The molecule has 5 nitrogen and oxygen atoms in total. The molecule has 100 valence electrons. The van der Waals surface area contributed by atoms with Crippen molar-refractivity contribution in [2.75, 3.05) is 16.2 Å². The van der Waals surface area contributed by atoms with Gasteiger partial charge in [-0.3, -0.25) is 9.71 Å². The van der Waals surface area contributed by atoms with Crippen LogP contribution in [0.3, 0.4) is 0 Å². The molecule has 0 spiro atoms. The maximum Gasteiger partial charge on any atom is 0.233 e. The fraction of sp³-hybridized carbons (Fsp3) is 0.154.